The summed E-state index contributed by atoms with van der Waals surface area (Å²) >= 11 is 0. The van der Waals surface area contributed by atoms with Gasteiger partial charge in [-0.2, -0.15) is 0 Å². The topological polar surface area (TPSA) is 101 Å². The quantitative estimate of drug-likeness (QED) is 0.372. The van der Waals surface area contributed by atoms with Crippen LogP contribution in [-0.2, 0) is 0 Å². The van der Waals surface area contributed by atoms with Gasteiger partial charge in [-0.1, -0.05) is 19.9 Å². The standard InChI is InChI=1S/C28H28F3N3O4/c1-15(2)16-3-9-21(25(35)11-16)26(36)33-18-4-6-19(7-5-18)34-27(37)22-12-17(29)14-32-28(22)38-20-8-10-23(30)24(31)13-20/h3,8-15,18-19,35H,4-7H2,1-2H3,(H,33,36)(H,34,37). The number of pyridine rings is 1. The summed E-state index contributed by atoms with van der Waals surface area (Å²) in [6, 6.07) is 8.44. The third kappa shape index (κ3) is 6.42. The maximum absolute atomic E-state index is 13.9. The number of ether oxygens (including phenoxy) is 1. The molecule has 1 aliphatic carbocycles. The second-order valence-electron chi connectivity index (χ2n) is 9.61. The van der Waals surface area contributed by atoms with E-state index in [1.165, 1.54) is 6.07 Å². The maximum atomic E-state index is 13.9. The fourth-order valence-electron chi connectivity index (χ4n) is 4.33. The van der Waals surface area contributed by atoms with Gasteiger partial charge in [0.1, 0.15) is 22.9 Å². The van der Waals surface area contributed by atoms with Crippen LogP contribution in [0.4, 0.5) is 13.2 Å². The number of hydrogen-bond donors (Lipinski definition) is 3. The van der Waals surface area contributed by atoms with Crippen molar-refractivity contribution in [3.63, 3.8) is 0 Å². The highest BCUT2D eigenvalue weighted by Crippen LogP contribution is 2.27. The molecule has 1 aromatic heterocycles. The minimum Gasteiger partial charge on any atom is -0.507 e. The molecular weight excluding hydrogens is 499 g/mol. The number of carbonyl (C=O) groups excluding carboxylic acids is 2. The van der Waals surface area contributed by atoms with Crippen molar-refractivity contribution in [3.8, 4) is 17.4 Å². The maximum Gasteiger partial charge on any atom is 0.257 e. The van der Waals surface area contributed by atoms with Gasteiger partial charge in [-0.05, 0) is 67.5 Å². The molecule has 38 heavy (non-hydrogen) atoms. The number of aromatic hydroxyl groups is 1. The Morgan fingerprint density at radius 1 is 0.895 bits per heavy atom. The van der Waals surface area contributed by atoms with Gasteiger partial charge in [-0.15, -0.1) is 0 Å². The molecule has 3 aromatic rings. The normalized spacial score (nSPS) is 17.2. The molecule has 200 valence electrons. The molecule has 0 bridgehead atoms. The molecule has 1 fully saturated rings. The SMILES string of the molecule is CC(C)c1ccc(C(=O)NC2CCC(NC(=O)c3cc(F)cnc3Oc3ccc(F)c(F)c3)CC2)c(O)c1. The van der Waals surface area contributed by atoms with Crippen molar-refractivity contribution in [2.24, 2.45) is 0 Å². The molecular formula is C28H28F3N3O4. The molecule has 0 saturated heterocycles. The number of nitrogens with zero attached hydrogens (tertiary/aromatic N) is 1. The summed E-state index contributed by atoms with van der Waals surface area (Å²) in [5.41, 5.74) is 0.949. The zero-order chi connectivity index (χ0) is 27.4. The van der Waals surface area contributed by atoms with Gasteiger partial charge in [-0.25, -0.2) is 18.2 Å². The summed E-state index contributed by atoms with van der Waals surface area (Å²) in [6.07, 6.45) is 3.13. The first-order chi connectivity index (χ1) is 18.1. The summed E-state index contributed by atoms with van der Waals surface area (Å²) in [6.45, 7) is 3.99. The van der Waals surface area contributed by atoms with Crippen LogP contribution in [0.25, 0.3) is 0 Å². The number of rotatable bonds is 7. The van der Waals surface area contributed by atoms with Crippen LogP contribution < -0.4 is 15.4 Å². The van der Waals surface area contributed by atoms with Gasteiger partial charge >= 0.3 is 0 Å². The van der Waals surface area contributed by atoms with Gasteiger partial charge in [0, 0.05) is 18.2 Å². The highest BCUT2D eigenvalue weighted by molar-refractivity contribution is 5.97. The van der Waals surface area contributed by atoms with Crippen LogP contribution in [0.15, 0.2) is 48.7 Å². The second kappa shape index (κ2) is 11.5. The number of halogens is 3. The zero-order valence-electron chi connectivity index (χ0n) is 20.9. The summed E-state index contributed by atoms with van der Waals surface area (Å²) in [7, 11) is 0. The summed E-state index contributed by atoms with van der Waals surface area (Å²) < 4.78 is 46.0. The van der Waals surface area contributed by atoms with E-state index in [0.29, 0.717) is 25.7 Å². The Labute approximate surface area is 218 Å². The van der Waals surface area contributed by atoms with E-state index in [1.54, 1.807) is 12.1 Å². The van der Waals surface area contributed by atoms with Crippen molar-refractivity contribution < 1.29 is 32.6 Å². The van der Waals surface area contributed by atoms with Crippen LogP contribution in [-0.4, -0.2) is 34.0 Å². The summed E-state index contributed by atoms with van der Waals surface area (Å²) in [4.78, 5) is 29.4. The Morgan fingerprint density at radius 3 is 2.11 bits per heavy atom. The van der Waals surface area contributed by atoms with E-state index in [1.807, 2.05) is 19.9 Å². The largest absolute Gasteiger partial charge is 0.507 e. The fourth-order valence-corrected chi connectivity index (χ4v) is 4.33. The van der Waals surface area contributed by atoms with Gasteiger partial charge in [-0.3, -0.25) is 9.59 Å². The van der Waals surface area contributed by atoms with Crippen LogP contribution in [0, 0.1) is 17.5 Å². The Kier molecular flexibility index (Phi) is 8.19. The first kappa shape index (κ1) is 27.0. The number of phenolic OH excluding ortho intramolecular Hbond substituents is 1. The number of phenols is 1. The molecule has 3 N–H and O–H groups in total. The molecule has 1 aliphatic rings. The van der Waals surface area contributed by atoms with E-state index >= 15 is 0 Å². The molecule has 0 aliphatic heterocycles. The number of amides is 2. The van der Waals surface area contributed by atoms with Crippen molar-refractivity contribution in [1.82, 2.24) is 15.6 Å². The third-order valence-electron chi connectivity index (χ3n) is 6.50. The minimum absolute atomic E-state index is 0.0697. The van der Waals surface area contributed by atoms with Crippen molar-refractivity contribution >= 4 is 11.8 Å². The average molecular weight is 528 g/mol. The van der Waals surface area contributed by atoms with Crippen molar-refractivity contribution in [2.75, 3.05) is 0 Å². The van der Waals surface area contributed by atoms with E-state index in [4.69, 9.17) is 4.74 Å². The van der Waals surface area contributed by atoms with Crippen molar-refractivity contribution in [3.05, 3.63) is 82.8 Å². The predicted octanol–water partition coefficient (Wildman–Crippen LogP) is 5.59. The molecule has 7 nitrogen and oxygen atoms in total. The highest BCUT2D eigenvalue weighted by Gasteiger charge is 2.26. The summed E-state index contributed by atoms with van der Waals surface area (Å²) in [5, 5.41) is 16.0. The lowest BCUT2D eigenvalue weighted by atomic mass is 9.90. The van der Waals surface area contributed by atoms with Crippen molar-refractivity contribution in [1.29, 1.82) is 0 Å². The van der Waals surface area contributed by atoms with Crippen LogP contribution in [0.3, 0.4) is 0 Å². The van der Waals surface area contributed by atoms with E-state index in [-0.39, 0.29) is 52.4 Å². The van der Waals surface area contributed by atoms with Gasteiger partial charge < -0.3 is 20.5 Å². The minimum atomic E-state index is -1.14. The van der Waals surface area contributed by atoms with Crippen LogP contribution in [0.5, 0.6) is 17.4 Å². The van der Waals surface area contributed by atoms with E-state index in [0.717, 1.165) is 30.0 Å². The van der Waals surface area contributed by atoms with Crippen LogP contribution >= 0.6 is 0 Å². The number of nitrogens with one attached hydrogen (secondary N) is 2. The Hall–Kier alpha value is -4.08. The monoisotopic (exact) mass is 527 g/mol. The average Bonchev–Trinajstić information content (AvgIpc) is 2.88. The first-order valence-corrected chi connectivity index (χ1v) is 12.3. The molecule has 1 heterocycles. The van der Waals surface area contributed by atoms with Gasteiger partial charge in [0.2, 0.25) is 5.88 Å². The Balaban J connectivity index is 1.35. The number of benzene rings is 2. The first-order valence-electron chi connectivity index (χ1n) is 12.3. The molecule has 0 atom stereocenters. The lowest BCUT2D eigenvalue weighted by molar-refractivity contribution is 0.0888. The van der Waals surface area contributed by atoms with E-state index in [9.17, 15) is 27.9 Å². The lowest BCUT2D eigenvalue weighted by Crippen LogP contribution is -2.43. The number of hydrogen-bond acceptors (Lipinski definition) is 5. The molecule has 0 spiro atoms. The molecule has 4 rings (SSSR count). The van der Waals surface area contributed by atoms with E-state index < -0.39 is 23.4 Å². The van der Waals surface area contributed by atoms with Gasteiger partial charge in [0.15, 0.2) is 11.6 Å². The van der Waals surface area contributed by atoms with E-state index in [2.05, 4.69) is 15.6 Å². The third-order valence-corrected chi connectivity index (χ3v) is 6.50. The smallest absolute Gasteiger partial charge is 0.257 e. The molecule has 0 unspecified atom stereocenters. The van der Waals surface area contributed by atoms with Crippen molar-refractivity contribution in [2.45, 2.75) is 57.5 Å². The molecule has 2 aromatic carbocycles. The summed E-state index contributed by atoms with van der Waals surface area (Å²) in [5.74, 6) is -4.15. The molecule has 10 heteroatoms. The van der Waals surface area contributed by atoms with Crippen LogP contribution in [0.2, 0.25) is 0 Å². The molecule has 1 saturated carbocycles. The fraction of sp³-hybridized carbons (Fsp3) is 0.321. The highest BCUT2D eigenvalue weighted by atomic mass is 19.2. The Morgan fingerprint density at radius 2 is 1.53 bits per heavy atom. The number of carbonyl (C=O) groups is 2. The lowest BCUT2D eigenvalue weighted by Gasteiger charge is -2.30. The van der Waals surface area contributed by atoms with Gasteiger partial charge in [0.05, 0.1) is 11.8 Å². The molecule has 2 amide bonds. The zero-order valence-corrected chi connectivity index (χ0v) is 20.9. The Bertz CT molecular complexity index is 1340. The van der Waals surface area contributed by atoms with Gasteiger partial charge in [0.25, 0.3) is 11.8 Å². The number of aromatic nitrogens is 1. The second-order valence-corrected chi connectivity index (χ2v) is 9.61. The predicted molar refractivity (Wildman–Crippen MR) is 134 cm³/mol. The van der Waals surface area contributed by atoms with Crippen LogP contribution in [0.1, 0.15) is 71.7 Å². The molecule has 0 radical (unpaired) electrons.